The summed E-state index contributed by atoms with van der Waals surface area (Å²) in [5.41, 5.74) is 0.590. The number of hydrogen-bond donors (Lipinski definition) is 0. The van der Waals surface area contributed by atoms with E-state index in [0.29, 0.717) is 10.7 Å². The Morgan fingerprint density at radius 3 is 2.96 bits per heavy atom. The first kappa shape index (κ1) is 17.4. The number of fused-ring (bicyclic) bond motifs is 1. The van der Waals surface area contributed by atoms with Crippen LogP contribution in [0, 0.1) is 0 Å². The summed E-state index contributed by atoms with van der Waals surface area (Å²) in [6, 6.07) is 5.68. The van der Waals surface area contributed by atoms with Crippen molar-refractivity contribution in [3.8, 4) is 0 Å². The van der Waals surface area contributed by atoms with Crippen molar-refractivity contribution < 1.29 is 0 Å². The van der Waals surface area contributed by atoms with E-state index in [2.05, 4.69) is 31.7 Å². The Balaban J connectivity index is 1.51. The highest BCUT2D eigenvalue weighted by molar-refractivity contribution is 7.98. The van der Waals surface area contributed by atoms with Crippen molar-refractivity contribution in [2.45, 2.75) is 30.7 Å². The molecule has 0 N–H and O–H groups in total. The maximum Gasteiger partial charge on any atom is 0.275 e. The lowest BCUT2D eigenvalue weighted by Gasteiger charge is -2.03. The van der Waals surface area contributed by atoms with Crippen molar-refractivity contribution in [2.24, 2.45) is 7.05 Å². The van der Waals surface area contributed by atoms with Crippen LogP contribution in [0.3, 0.4) is 0 Å². The number of aryl methyl sites for hydroxylation is 1. The number of rotatable bonds is 6. The van der Waals surface area contributed by atoms with Gasteiger partial charge < -0.3 is 4.57 Å². The number of hydrogen-bond acceptors (Lipinski definition) is 8. The van der Waals surface area contributed by atoms with Crippen LogP contribution in [0.15, 0.2) is 33.5 Å². The van der Waals surface area contributed by atoms with E-state index in [0.717, 1.165) is 34.5 Å². The van der Waals surface area contributed by atoms with Gasteiger partial charge in [-0.15, -0.1) is 21.5 Å². The van der Waals surface area contributed by atoms with Gasteiger partial charge in [-0.05, 0) is 17.9 Å². The van der Waals surface area contributed by atoms with Crippen LogP contribution in [0.25, 0.3) is 4.96 Å². The summed E-state index contributed by atoms with van der Waals surface area (Å²) in [4.78, 5) is 18.7. The van der Waals surface area contributed by atoms with Gasteiger partial charge in [0, 0.05) is 30.2 Å². The SMILES string of the molecule is CCc1nn2c(=O)cc(CSc3nnc(Cc4cccs4)n3C)nc2s1. The van der Waals surface area contributed by atoms with E-state index in [1.54, 1.807) is 17.4 Å². The molecule has 7 nitrogen and oxygen atoms in total. The van der Waals surface area contributed by atoms with E-state index in [9.17, 15) is 4.79 Å². The summed E-state index contributed by atoms with van der Waals surface area (Å²) in [6.45, 7) is 2.02. The Morgan fingerprint density at radius 2 is 2.19 bits per heavy atom. The first-order valence-electron chi connectivity index (χ1n) is 8.06. The fourth-order valence-electron chi connectivity index (χ4n) is 2.44. The molecule has 10 heteroatoms. The van der Waals surface area contributed by atoms with E-state index in [4.69, 9.17) is 0 Å². The highest BCUT2D eigenvalue weighted by Crippen LogP contribution is 2.22. The zero-order valence-electron chi connectivity index (χ0n) is 14.2. The smallest absolute Gasteiger partial charge is 0.275 e. The van der Waals surface area contributed by atoms with Crippen LogP contribution < -0.4 is 5.56 Å². The average molecular weight is 405 g/mol. The summed E-state index contributed by atoms with van der Waals surface area (Å²) in [7, 11) is 1.97. The largest absolute Gasteiger partial charge is 0.309 e. The topological polar surface area (TPSA) is 78.0 Å². The minimum absolute atomic E-state index is 0.141. The molecular weight excluding hydrogens is 388 g/mol. The van der Waals surface area contributed by atoms with Crippen molar-refractivity contribution >= 4 is 39.4 Å². The maximum atomic E-state index is 12.2. The van der Waals surface area contributed by atoms with Crippen LogP contribution in [0.4, 0.5) is 0 Å². The quantitative estimate of drug-likeness (QED) is 0.460. The predicted molar refractivity (Wildman–Crippen MR) is 104 cm³/mol. The van der Waals surface area contributed by atoms with Crippen LogP contribution in [-0.4, -0.2) is 29.4 Å². The lowest BCUT2D eigenvalue weighted by atomic mass is 10.3. The van der Waals surface area contributed by atoms with Gasteiger partial charge in [-0.25, -0.2) is 4.98 Å². The average Bonchev–Trinajstić information content (AvgIpc) is 3.35. The number of thiophene rings is 1. The molecule has 0 bridgehead atoms. The third-order valence-electron chi connectivity index (χ3n) is 3.83. The van der Waals surface area contributed by atoms with Gasteiger partial charge in [0.1, 0.15) is 10.8 Å². The monoisotopic (exact) mass is 404 g/mol. The molecule has 0 fully saturated rings. The normalized spacial score (nSPS) is 11.5. The zero-order valence-corrected chi connectivity index (χ0v) is 16.7. The molecule has 4 aromatic heterocycles. The highest BCUT2D eigenvalue weighted by atomic mass is 32.2. The molecule has 0 aromatic carbocycles. The van der Waals surface area contributed by atoms with Crippen LogP contribution in [-0.2, 0) is 25.6 Å². The first-order chi connectivity index (χ1) is 12.6. The van der Waals surface area contributed by atoms with Gasteiger partial charge >= 0.3 is 0 Å². The Morgan fingerprint density at radius 1 is 1.31 bits per heavy atom. The third kappa shape index (κ3) is 3.44. The lowest BCUT2D eigenvalue weighted by molar-refractivity contribution is 0.750. The second-order valence-corrected chi connectivity index (χ2v) is 8.65. The molecule has 4 aromatic rings. The van der Waals surface area contributed by atoms with E-state index < -0.39 is 0 Å². The van der Waals surface area contributed by atoms with Gasteiger partial charge in [0.2, 0.25) is 4.96 Å². The molecule has 0 saturated carbocycles. The summed E-state index contributed by atoms with van der Waals surface area (Å²) in [5.74, 6) is 1.49. The minimum Gasteiger partial charge on any atom is -0.309 e. The summed E-state index contributed by atoms with van der Waals surface area (Å²) < 4.78 is 3.37. The summed E-state index contributed by atoms with van der Waals surface area (Å²) in [5, 5.41) is 16.6. The van der Waals surface area contributed by atoms with Crippen molar-refractivity contribution in [1.82, 2.24) is 29.4 Å². The molecule has 134 valence electrons. The standard InChI is InChI=1S/C16H16N6OS3/c1-3-13-20-22-14(23)7-10(17-15(22)26-13)9-25-16-19-18-12(21(16)2)8-11-5-4-6-24-11/h4-7H,3,8-9H2,1-2H3. The third-order valence-corrected chi connectivity index (χ3v) is 6.81. The molecule has 0 unspecified atom stereocenters. The first-order valence-corrected chi connectivity index (χ1v) is 10.7. The van der Waals surface area contributed by atoms with Crippen LogP contribution in [0.5, 0.6) is 0 Å². The van der Waals surface area contributed by atoms with Crippen LogP contribution in [0.1, 0.15) is 28.3 Å². The van der Waals surface area contributed by atoms with Gasteiger partial charge in [-0.1, -0.05) is 36.1 Å². The number of nitrogens with zero attached hydrogens (tertiary/aromatic N) is 6. The molecule has 4 heterocycles. The van der Waals surface area contributed by atoms with E-state index in [1.807, 2.05) is 24.6 Å². The second kappa shape index (κ2) is 7.29. The Bertz CT molecular complexity index is 1100. The Labute approximate surface area is 161 Å². The molecular formula is C16H16N6OS3. The van der Waals surface area contributed by atoms with Crippen molar-refractivity contribution in [3.63, 3.8) is 0 Å². The molecule has 0 atom stereocenters. The molecule has 0 aliphatic rings. The highest BCUT2D eigenvalue weighted by Gasteiger charge is 2.13. The van der Waals surface area contributed by atoms with Gasteiger partial charge in [-0.3, -0.25) is 4.79 Å². The summed E-state index contributed by atoms with van der Waals surface area (Å²) in [6.07, 6.45) is 1.57. The Kier molecular flexibility index (Phi) is 4.88. The zero-order chi connectivity index (χ0) is 18.1. The summed E-state index contributed by atoms with van der Waals surface area (Å²) >= 11 is 4.70. The second-order valence-electron chi connectivity index (χ2n) is 5.63. The van der Waals surface area contributed by atoms with Crippen LogP contribution in [0.2, 0.25) is 0 Å². The van der Waals surface area contributed by atoms with Gasteiger partial charge in [0.25, 0.3) is 5.56 Å². The molecule has 0 amide bonds. The lowest BCUT2D eigenvalue weighted by Crippen LogP contribution is -2.15. The molecule has 0 aliphatic heterocycles. The van der Waals surface area contributed by atoms with Crippen LogP contribution >= 0.6 is 34.4 Å². The molecule has 0 radical (unpaired) electrons. The molecule has 4 rings (SSSR count). The van der Waals surface area contributed by atoms with Gasteiger partial charge in [0.05, 0.1) is 5.69 Å². The van der Waals surface area contributed by atoms with E-state index >= 15 is 0 Å². The van der Waals surface area contributed by atoms with Gasteiger partial charge in [-0.2, -0.15) is 9.61 Å². The molecule has 26 heavy (non-hydrogen) atoms. The number of aromatic nitrogens is 6. The maximum absolute atomic E-state index is 12.2. The number of thioether (sulfide) groups is 1. The van der Waals surface area contributed by atoms with E-state index in [-0.39, 0.29) is 5.56 Å². The van der Waals surface area contributed by atoms with Crippen molar-refractivity contribution in [2.75, 3.05) is 0 Å². The Hall–Kier alpha value is -2.04. The van der Waals surface area contributed by atoms with E-state index in [1.165, 1.54) is 32.5 Å². The minimum atomic E-state index is -0.141. The van der Waals surface area contributed by atoms with Crippen molar-refractivity contribution in [3.05, 3.63) is 55.3 Å². The predicted octanol–water partition coefficient (Wildman–Crippen LogP) is 2.79. The van der Waals surface area contributed by atoms with Crippen molar-refractivity contribution in [1.29, 1.82) is 0 Å². The fourth-order valence-corrected chi connectivity index (χ4v) is 4.83. The van der Waals surface area contributed by atoms with Gasteiger partial charge in [0.15, 0.2) is 5.16 Å². The fraction of sp³-hybridized carbons (Fsp3) is 0.312. The molecule has 0 aliphatic carbocycles. The molecule has 0 spiro atoms. The molecule has 0 saturated heterocycles.